The molecule has 1 aromatic rings. The number of likely N-dealkylation sites (tertiary alicyclic amines) is 1. The summed E-state index contributed by atoms with van der Waals surface area (Å²) in [5.74, 6) is 0.742. The molecule has 1 saturated heterocycles. The molecule has 0 spiro atoms. The summed E-state index contributed by atoms with van der Waals surface area (Å²) in [6.07, 6.45) is 3.75. The number of hydrogen-bond donors (Lipinski definition) is 2. The SMILES string of the molecule is Cc1ccc(OCNC(=O)N2CCCCC2CCO)cc1. The normalized spacial score (nSPS) is 18.4. The Kier molecular flexibility index (Phi) is 5.87. The molecule has 0 aliphatic carbocycles. The van der Waals surface area contributed by atoms with Gasteiger partial charge in [-0.1, -0.05) is 17.7 Å². The maximum Gasteiger partial charge on any atom is 0.320 e. The Morgan fingerprint density at radius 2 is 2.14 bits per heavy atom. The van der Waals surface area contributed by atoms with Crippen molar-refractivity contribution in [2.24, 2.45) is 0 Å². The van der Waals surface area contributed by atoms with Crippen molar-refractivity contribution in [2.45, 2.75) is 38.6 Å². The van der Waals surface area contributed by atoms with Gasteiger partial charge in [0.25, 0.3) is 0 Å². The van der Waals surface area contributed by atoms with E-state index in [4.69, 9.17) is 9.84 Å². The quantitative estimate of drug-likeness (QED) is 0.818. The molecule has 1 aliphatic heterocycles. The number of aliphatic hydroxyl groups excluding tert-OH is 1. The summed E-state index contributed by atoms with van der Waals surface area (Å²) in [4.78, 5) is 14.0. The van der Waals surface area contributed by atoms with Gasteiger partial charge in [0, 0.05) is 19.2 Å². The highest BCUT2D eigenvalue weighted by atomic mass is 16.5. The molecule has 5 heteroatoms. The van der Waals surface area contributed by atoms with Gasteiger partial charge >= 0.3 is 6.03 Å². The van der Waals surface area contributed by atoms with Crippen LogP contribution in [0.1, 0.15) is 31.2 Å². The van der Waals surface area contributed by atoms with Crippen molar-refractivity contribution < 1.29 is 14.6 Å². The summed E-state index contributed by atoms with van der Waals surface area (Å²) in [5.41, 5.74) is 1.17. The molecule has 1 aromatic carbocycles. The first-order valence-electron chi connectivity index (χ1n) is 7.55. The zero-order valence-electron chi connectivity index (χ0n) is 12.5. The Balaban J connectivity index is 1.78. The van der Waals surface area contributed by atoms with Gasteiger partial charge in [-0.25, -0.2) is 4.79 Å². The van der Waals surface area contributed by atoms with Crippen molar-refractivity contribution >= 4 is 6.03 Å². The van der Waals surface area contributed by atoms with E-state index in [9.17, 15) is 4.79 Å². The van der Waals surface area contributed by atoms with Crippen LogP contribution in [0.2, 0.25) is 0 Å². The number of amides is 2. The van der Waals surface area contributed by atoms with Gasteiger partial charge in [0.2, 0.25) is 0 Å². The van der Waals surface area contributed by atoms with Crippen molar-refractivity contribution in [3.63, 3.8) is 0 Å². The van der Waals surface area contributed by atoms with E-state index < -0.39 is 0 Å². The molecule has 0 radical (unpaired) electrons. The van der Waals surface area contributed by atoms with E-state index in [0.717, 1.165) is 31.6 Å². The van der Waals surface area contributed by atoms with Gasteiger partial charge < -0.3 is 20.1 Å². The lowest BCUT2D eigenvalue weighted by Gasteiger charge is -2.35. The minimum Gasteiger partial charge on any atom is -0.473 e. The Hall–Kier alpha value is -1.75. The smallest absolute Gasteiger partial charge is 0.320 e. The van der Waals surface area contributed by atoms with Crippen LogP contribution in [0.3, 0.4) is 0 Å². The van der Waals surface area contributed by atoms with E-state index >= 15 is 0 Å². The number of nitrogens with one attached hydrogen (secondary N) is 1. The van der Waals surface area contributed by atoms with Crippen LogP contribution in [0, 0.1) is 6.92 Å². The number of piperidine rings is 1. The summed E-state index contributed by atoms with van der Waals surface area (Å²) < 4.78 is 5.51. The fourth-order valence-electron chi connectivity index (χ4n) is 2.63. The third-order valence-electron chi connectivity index (χ3n) is 3.83. The van der Waals surface area contributed by atoms with Crippen LogP contribution in [0.4, 0.5) is 4.79 Å². The summed E-state index contributed by atoms with van der Waals surface area (Å²) in [5, 5.41) is 11.9. The molecule has 2 amide bonds. The lowest BCUT2D eigenvalue weighted by atomic mass is 10.0. The third-order valence-corrected chi connectivity index (χ3v) is 3.83. The van der Waals surface area contributed by atoms with Gasteiger partial charge in [-0.2, -0.15) is 0 Å². The van der Waals surface area contributed by atoms with Crippen molar-refractivity contribution in [3.05, 3.63) is 29.8 Å². The Bertz CT molecular complexity index is 445. The number of aliphatic hydroxyl groups is 1. The molecular formula is C16H24N2O3. The van der Waals surface area contributed by atoms with Gasteiger partial charge in [-0.3, -0.25) is 0 Å². The molecule has 21 heavy (non-hydrogen) atoms. The zero-order chi connectivity index (χ0) is 15.1. The minimum atomic E-state index is -0.111. The third kappa shape index (κ3) is 4.63. The fourth-order valence-corrected chi connectivity index (χ4v) is 2.63. The van der Waals surface area contributed by atoms with E-state index in [2.05, 4.69) is 5.32 Å². The first-order valence-corrected chi connectivity index (χ1v) is 7.55. The minimum absolute atomic E-state index is 0.111. The number of carbonyl (C=O) groups excluding carboxylic acids is 1. The predicted octanol–water partition coefficient (Wildman–Crippen LogP) is 2.28. The number of nitrogens with zero attached hydrogens (tertiary/aromatic N) is 1. The van der Waals surface area contributed by atoms with Gasteiger partial charge in [-0.15, -0.1) is 0 Å². The fraction of sp³-hybridized carbons (Fsp3) is 0.562. The number of urea groups is 1. The molecule has 0 saturated carbocycles. The van der Waals surface area contributed by atoms with Crippen LogP contribution in [-0.2, 0) is 0 Å². The number of aryl methyl sites for hydroxylation is 1. The van der Waals surface area contributed by atoms with E-state index in [1.807, 2.05) is 36.1 Å². The number of rotatable bonds is 5. The number of benzene rings is 1. The molecule has 0 aromatic heterocycles. The Morgan fingerprint density at radius 3 is 2.86 bits per heavy atom. The second-order valence-electron chi connectivity index (χ2n) is 5.44. The molecule has 1 heterocycles. The monoisotopic (exact) mass is 292 g/mol. The largest absolute Gasteiger partial charge is 0.473 e. The second-order valence-corrected chi connectivity index (χ2v) is 5.44. The van der Waals surface area contributed by atoms with Crippen molar-refractivity contribution in [1.82, 2.24) is 10.2 Å². The molecule has 1 atom stereocenters. The van der Waals surface area contributed by atoms with Crippen LogP contribution < -0.4 is 10.1 Å². The van der Waals surface area contributed by atoms with Crippen LogP contribution >= 0.6 is 0 Å². The topological polar surface area (TPSA) is 61.8 Å². The number of ether oxygens (including phenoxy) is 1. The molecule has 1 unspecified atom stereocenters. The lowest BCUT2D eigenvalue weighted by molar-refractivity contribution is 0.126. The zero-order valence-corrected chi connectivity index (χ0v) is 12.5. The van der Waals surface area contributed by atoms with Crippen LogP contribution in [0.5, 0.6) is 5.75 Å². The second kappa shape index (κ2) is 7.88. The molecule has 0 bridgehead atoms. The number of carbonyl (C=O) groups is 1. The molecule has 5 nitrogen and oxygen atoms in total. The molecule has 2 rings (SSSR count). The first kappa shape index (κ1) is 15.6. The standard InChI is InChI=1S/C16H24N2O3/c1-13-5-7-15(8-6-13)21-12-17-16(20)18-10-3-2-4-14(18)9-11-19/h5-8,14,19H,2-4,9-12H2,1H3,(H,17,20). The Morgan fingerprint density at radius 1 is 1.38 bits per heavy atom. The molecule has 2 N–H and O–H groups in total. The van der Waals surface area contributed by atoms with Gasteiger partial charge in [0.15, 0.2) is 6.73 Å². The molecule has 1 aliphatic rings. The molecule has 1 fully saturated rings. The van der Waals surface area contributed by atoms with E-state index in [1.54, 1.807) is 0 Å². The van der Waals surface area contributed by atoms with Crippen molar-refractivity contribution in [2.75, 3.05) is 19.9 Å². The maximum atomic E-state index is 12.2. The van der Waals surface area contributed by atoms with Gasteiger partial charge in [-0.05, 0) is 44.7 Å². The summed E-state index contributed by atoms with van der Waals surface area (Å²) in [7, 11) is 0. The average molecular weight is 292 g/mol. The average Bonchev–Trinajstić information content (AvgIpc) is 2.50. The maximum absolute atomic E-state index is 12.2. The van der Waals surface area contributed by atoms with Crippen molar-refractivity contribution in [3.8, 4) is 5.75 Å². The van der Waals surface area contributed by atoms with Crippen molar-refractivity contribution in [1.29, 1.82) is 0 Å². The molecular weight excluding hydrogens is 268 g/mol. The summed E-state index contributed by atoms with van der Waals surface area (Å²) >= 11 is 0. The highest BCUT2D eigenvalue weighted by molar-refractivity contribution is 5.74. The predicted molar refractivity (Wildman–Crippen MR) is 81.3 cm³/mol. The van der Waals surface area contributed by atoms with Gasteiger partial charge in [0.05, 0.1) is 0 Å². The lowest BCUT2D eigenvalue weighted by Crippen LogP contribution is -2.49. The highest BCUT2D eigenvalue weighted by Crippen LogP contribution is 2.19. The van der Waals surface area contributed by atoms with E-state index in [-0.39, 0.29) is 25.4 Å². The highest BCUT2D eigenvalue weighted by Gasteiger charge is 2.25. The molecule has 116 valence electrons. The van der Waals surface area contributed by atoms with E-state index in [1.165, 1.54) is 5.56 Å². The Labute approximate surface area is 125 Å². The van der Waals surface area contributed by atoms with Crippen LogP contribution in [-0.4, -0.2) is 42.0 Å². The summed E-state index contributed by atoms with van der Waals surface area (Å²) in [6, 6.07) is 7.75. The van der Waals surface area contributed by atoms with E-state index in [0.29, 0.717) is 6.42 Å². The first-order chi connectivity index (χ1) is 10.2. The van der Waals surface area contributed by atoms with Gasteiger partial charge in [0.1, 0.15) is 5.75 Å². The number of hydrogen-bond acceptors (Lipinski definition) is 3. The van der Waals surface area contributed by atoms with Crippen LogP contribution in [0.25, 0.3) is 0 Å². The summed E-state index contributed by atoms with van der Waals surface area (Å²) in [6.45, 7) is 3.04. The van der Waals surface area contributed by atoms with Crippen LogP contribution in [0.15, 0.2) is 24.3 Å².